The molecule has 0 unspecified atom stereocenters. The van der Waals surface area contributed by atoms with Crippen molar-refractivity contribution in [3.8, 4) is 11.3 Å². The standard InChI is InChI=1S/C21H24N8O3S/c1-21(2,11-30)18-27-16(29-32-18)6-7-24-19(31)28-20-26-15-5-4-14(25-17(15)33-20)12-8-13(22-3)10-23-9-12/h4-5,8-10,22,30H,6-7,11H2,1-3H3,(H2,24,26,28,31). The minimum Gasteiger partial charge on any atom is -0.395 e. The van der Waals surface area contributed by atoms with Crippen molar-refractivity contribution in [3.05, 3.63) is 42.3 Å². The van der Waals surface area contributed by atoms with E-state index >= 15 is 0 Å². The van der Waals surface area contributed by atoms with E-state index in [1.165, 1.54) is 11.3 Å². The molecule has 0 bridgehead atoms. The number of pyridine rings is 2. The fourth-order valence-corrected chi connectivity index (χ4v) is 3.71. The Morgan fingerprint density at radius 3 is 2.85 bits per heavy atom. The van der Waals surface area contributed by atoms with Crippen LogP contribution in [0.3, 0.4) is 0 Å². The van der Waals surface area contributed by atoms with E-state index in [9.17, 15) is 9.90 Å². The third kappa shape index (κ3) is 5.23. The number of aliphatic hydroxyl groups excluding tert-OH is 1. The van der Waals surface area contributed by atoms with Crippen molar-refractivity contribution in [1.29, 1.82) is 0 Å². The average Bonchev–Trinajstić information content (AvgIpc) is 3.45. The molecule has 0 aliphatic heterocycles. The summed E-state index contributed by atoms with van der Waals surface area (Å²) in [5.74, 6) is 0.819. The summed E-state index contributed by atoms with van der Waals surface area (Å²) >= 11 is 1.29. The van der Waals surface area contributed by atoms with Crippen LogP contribution in [-0.2, 0) is 11.8 Å². The number of hydrogen-bond acceptors (Lipinski definition) is 10. The molecule has 2 amide bonds. The van der Waals surface area contributed by atoms with Crippen LogP contribution in [0.2, 0.25) is 0 Å². The lowest BCUT2D eigenvalue weighted by Gasteiger charge is -2.14. The van der Waals surface area contributed by atoms with Gasteiger partial charge >= 0.3 is 6.03 Å². The number of hydrogen-bond donors (Lipinski definition) is 4. The molecule has 4 aromatic rings. The second-order valence-electron chi connectivity index (χ2n) is 7.94. The summed E-state index contributed by atoms with van der Waals surface area (Å²) in [5.41, 5.74) is 2.64. The van der Waals surface area contributed by atoms with Crippen LogP contribution in [0.1, 0.15) is 25.6 Å². The molecular weight excluding hydrogens is 444 g/mol. The first-order valence-corrected chi connectivity index (χ1v) is 11.1. The van der Waals surface area contributed by atoms with Crippen LogP contribution < -0.4 is 16.0 Å². The summed E-state index contributed by atoms with van der Waals surface area (Å²) in [5, 5.41) is 22.3. The van der Waals surface area contributed by atoms with Crippen LogP contribution in [0, 0.1) is 0 Å². The smallest absolute Gasteiger partial charge is 0.321 e. The zero-order valence-electron chi connectivity index (χ0n) is 18.4. The molecule has 4 rings (SSSR count). The molecule has 0 saturated heterocycles. The molecule has 0 atom stereocenters. The molecule has 4 aromatic heterocycles. The lowest BCUT2D eigenvalue weighted by atomic mass is 9.95. The second kappa shape index (κ2) is 9.46. The molecule has 0 aliphatic rings. The zero-order valence-corrected chi connectivity index (χ0v) is 19.2. The van der Waals surface area contributed by atoms with Gasteiger partial charge in [-0.25, -0.2) is 14.8 Å². The third-order valence-electron chi connectivity index (χ3n) is 4.88. The zero-order chi connectivity index (χ0) is 23.4. The van der Waals surface area contributed by atoms with Gasteiger partial charge in [0.15, 0.2) is 11.0 Å². The third-order valence-corrected chi connectivity index (χ3v) is 5.76. The SMILES string of the molecule is CNc1cncc(-c2ccc3nc(NC(=O)NCCc4noc(C(C)(C)CO)n4)sc3n2)c1. The Balaban J connectivity index is 1.35. The molecule has 0 aromatic carbocycles. The Kier molecular flexibility index (Phi) is 6.47. The van der Waals surface area contributed by atoms with E-state index in [0.29, 0.717) is 40.2 Å². The van der Waals surface area contributed by atoms with E-state index in [2.05, 4.69) is 41.0 Å². The predicted octanol–water partition coefficient (Wildman–Crippen LogP) is 2.81. The fraction of sp³-hybridized carbons (Fsp3) is 0.333. The summed E-state index contributed by atoms with van der Waals surface area (Å²) in [6.07, 6.45) is 3.88. The van der Waals surface area contributed by atoms with Crippen molar-refractivity contribution >= 4 is 38.5 Å². The number of aliphatic hydroxyl groups is 1. The lowest BCUT2D eigenvalue weighted by molar-refractivity contribution is 0.182. The van der Waals surface area contributed by atoms with Gasteiger partial charge in [-0.05, 0) is 32.0 Å². The number of carbonyl (C=O) groups excluding carboxylic acids is 1. The Bertz CT molecular complexity index is 1270. The molecular formula is C21H24N8O3S. The first-order valence-electron chi connectivity index (χ1n) is 10.3. The van der Waals surface area contributed by atoms with Crippen molar-refractivity contribution in [2.75, 3.05) is 30.8 Å². The van der Waals surface area contributed by atoms with Gasteiger partial charge in [-0.1, -0.05) is 16.5 Å². The molecule has 172 valence electrons. The topological polar surface area (TPSA) is 151 Å². The van der Waals surface area contributed by atoms with Crippen LogP contribution in [0.4, 0.5) is 15.6 Å². The molecule has 0 saturated carbocycles. The molecule has 4 heterocycles. The highest BCUT2D eigenvalue weighted by atomic mass is 32.1. The number of nitrogens with zero attached hydrogens (tertiary/aromatic N) is 5. The van der Waals surface area contributed by atoms with Gasteiger partial charge in [0.05, 0.1) is 23.4 Å². The first-order chi connectivity index (χ1) is 15.9. The highest BCUT2D eigenvalue weighted by Crippen LogP contribution is 2.28. The minimum atomic E-state index is -0.608. The molecule has 0 fully saturated rings. The van der Waals surface area contributed by atoms with E-state index < -0.39 is 5.41 Å². The van der Waals surface area contributed by atoms with Crippen LogP contribution in [0.5, 0.6) is 0 Å². The first kappa shape index (κ1) is 22.6. The number of amides is 2. The fourth-order valence-electron chi connectivity index (χ4n) is 2.88. The van der Waals surface area contributed by atoms with Crippen molar-refractivity contribution < 1.29 is 14.4 Å². The maximum Gasteiger partial charge on any atom is 0.321 e. The van der Waals surface area contributed by atoms with E-state index in [-0.39, 0.29) is 12.6 Å². The van der Waals surface area contributed by atoms with Crippen molar-refractivity contribution in [2.45, 2.75) is 25.7 Å². The molecule has 0 spiro atoms. The molecule has 4 N–H and O–H groups in total. The number of thiazole rings is 1. The molecule has 0 aliphatic carbocycles. The average molecular weight is 469 g/mol. The van der Waals surface area contributed by atoms with Gasteiger partial charge in [-0.3, -0.25) is 10.3 Å². The van der Waals surface area contributed by atoms with Gasteiger partial charge in [0.25, 0.3) is 0 Å². The summed E-state index contributed by atoms with van der Waals surface area (Å²) in [7, 11) is 1.83. The lowest BCUT2D eigenvalue weighted by Crippen LogP contribution is -2.30. The number of nitrogens with one attached hydrogen (secondary N) is 3. The molecule has 12 heteroatoms. The van der Waals surface area contributed by atoms with E-state index in [1.807, 2.05) is 39.1 Å². The number of urea groups is 1. The van der Waals surface area contributed by atoms with Crippen LogP contribution in [-0.4, -0.2) is 56.4 Å². The molecule has 11 nitrogen and oxygen atoms in total. The Morgan fingerprint density at radius 2 is 2.06 bits per heavy atom. The van der Waals surface area contributed by atoms with Gasteiger partial charge in [0, 0.05) is 38.0 Å². The molecule has 33 heavy (non-hydrogen) atoms. The number of carbonyl (C=O) groups is 1. The summed E-state index contributed by atoms with van der Waals surface area (Å²) in [6, 6.07) is 5.32. The molecule has 0 radical (unpaired) electrons. The van der Waals surface area contributed by atoms with E-state index in [4.69, 9.17) is 4.52 Å². The van der Waals surface area contributed by atoms with Gasteiger partial charge in [-0.15, -0.1) is 0 Å². The van der Waals surface area contributed by atoms with Gasteiger partial charge in [0.1, 0.15) is 10.3 Å². The van der Waals surface area contributed by atoms with Crippen LogP contribution >= 0.6 is 11.3 Å². The van der Waals surface area contributed by atoms with Gasteiger partial charge < -0.3 is 20.3 Å². The van der Waals surface area contributed by atoms with E-state index in [1.54, 1.807) is 12.4 Å². The summed E-state index contributed by atoms with van der Waals surface area (Å²) in [4.78, 5) is 30.5. The minimum absolute atomic E-state index is 0.104. The highest BCUT2D eigenvalue weighted by molar-refractivity contribution is 7.21. The van der Waals surface area contributed by atoms with Gasteiger partial charge in [-0.2, -0.15) is 4.98 Å². The Hall–Kier alpha value is -3.64. The van der Waals surface area contributed by atoms with E-state index in [0.717, 1.165) is 16.9 Å². The number of rotatable bonds is 8. The maximum absolute atomic E-state index is 12.3. The summed E-state index contributed by atoms with van der Waals surface area (Å²) in [6.45, 7) is 3.82. The monoisotopic (exact) mass is 468 g/mol. The normalized spacial score (nSPS) is 11.5. The van der Waals surface area contributed by atoms with Crippen molar-refractivity contribution in [1.82, 2.24) is 30.4 Å². The quantitative estimate of drug-likeness (QED) is 0.306. The van der Waals surface area contributed by atoms with Crippen LogP contribution in [0.25, 0.3) is 21.6 Å². The Morgan fingerprint density at radius 1 is 1.21 bits per heavy atom. The largest absolute Gasteiger partial charge is 0.395 e. The van der Waals surface area contributed by atoms with Crippen LogP contribution in [0.15, 0.2) is 35.1 Å². The number of anilines is 2. The van der Waals surface area contributed by atoms with Crippen molar-refractivity contribution in [3.63, 3.8) is 0 Å². The Labute approximate surface area is 193 Å². The highest BCUT2D eigenvalue weighted by Gasteiger charge is 2.26. The van der Waals surface area contributed by atoms with Gasteiger partial charge in [0.2, 0.25) is 5.89 Å². The predicted molar refractivity (Wildman–Crippen MR) is 125 cm³/mol. The maximum atomic E-state index is 12.3. The second-order valence-corrected chi connectivity index (χ2v) is 8.92. The summed E-state index contributed by atoms with van der Waals surface area (Å²) < 4.78 is 5.19. The number of fused-ring (bicyclic) bond motifs is 1. The van der Waals surface area contributed by atoms with Crippen molar-refractivity contribution in [2.24, 2.45) is 0 Å². The number of aromatic nitrogens is 5.